The summed E-state index contributed by atoms with van der Waals surface area (Å²) in [6, 6.07) is 12.6. The van der Waals surface area contributed by atoms with E-state index in [0.29, 0.717) is 6.42 Å². The Kier molecular flexibility index (Phi) is 8.55. The summed E-state index contributed by atoms with van der Waals surface area (Å²) < 4.78 is 63.1. The number of azo groups is 2. The highest BCUT2D eigenvalue weighted by molar-refractivity contribution is 7.91. The minimum Gasteiger partial charge on any atom is -0.465 e. The average molecular weight is 561 g/mol. The Balaban J connectivity index is 2.12. The molecule has 15 heteroatoms. The third-order valence-corrected chi connectivity index (χ3v) is 7.90. The zero-order valence-corrected chi connectivity index (χ0v) is 21.9. The number of hydrogen-bond donors (Lipinski definition) is 3. The molecule has 3 rings (SSSR count). The maximum Gasteiger partial charge on any atom is 0.340 e. The van der Waals surface area contributed by atoms with Crippen LogP contribution >= 0.6 is 0 Å². The van der Waals surface area contributed by atoms with Crippen LogP contribution in [0.4, 0.5) is 34.1 Å². The van der Waals surface area contributed by atoms with Crippen molar-refractivity contribution in [3.05, 3.63) is 60.2 Å². The zero-order valence-electron chi connectivity index (χ0n) is 20.3. The number of hydrogen-bond acceptors (Lipinski definition) is 12. The number of nitrogens with two attached hydrogens (primary N) is 2. The van der Waals surface area contributed by atoms with Crippen LogP contribution < -0.4 is 11.5 Å². The van der Waals surface area contributed by atoms with Crippen molar-refractivity contribution in [2.45, 2.75) is 23.1 Å². The SMILES string of the molecule is CCCS(=O)(=O)c1cccc(N=Nc2c(N)c(N=Nc3ccccc3C(=O)OC)cc(S(=O)(=O)O)c2N)c1. The van der Waals surface area contributed by atoms with Crippen LogP contribution in [-0.4, -0.2) is 40.2 Å². The Morgan fingerprint density at radius 2 is 1.58 bits per heavy atom. The summed E-state index contributed by atoms with van der Waals surface area (Å²) in [5.74, 6) is -0.738. The zero-order chi connectivity index (χ0) is 28.1. The van der Waals surface area contributed by atoms with E-state index in [-0.39, 0.29) is 44.6 Å². The number of carbonyl (C=O) groups is 1. The minimum absolute atomic E-state index is 0.0298. The number of nitrogens with zero attached hydrogens (tertiary/aromatic N) is 4. The van der Waals surface area contributed by atoms with Gasteiger partial charge in [-0.1, -0.05) is 25.1 Å². The molecule has 0 spiro atoms. The molecule has 3 aromatic carbocycles. The third kappa shape index (κ3) is 6.37. The van der Waals surface area contributed by atoms with Crippen LogP contribution in [-0.2, 0) is 24.7 Å². The molecule has 0 saturated carbocycles. The second-order valence-corrected chi connectivity index (χ2v) is 11.3. The van der Waals surface area contributed by atoms with E-state index in [2.05, 4.69) is 20.5 Å². The Bertz CT molecular complexity index is 1650. The molecule has 3 aromatic rings. The van der Waals surface area contributed by atoms with Crippen molar-refractivity contribution >= 4 is 60.0 Å². The molecule has 200 valence electrons. The Morgan fingerprint density at radius 1 is 0.895 bits per heavy atom. The summed E-state index contributed by atoms with van der Waals surface area (Å²) >= 11 is 0. The molecule has 0 bridgehead atoms. The predicted molar refractivity (Wildman–Crippen MR) is 140 cm³/mol. The summed E-state index contributed by atoms with van der Waals surface area (Å²) in [7, 11) is -7.20. The largest absolute Gasteiger partial charge is 0.465 e. The number of anilines is 2. The highest BCUT2D eigenvalue weighted by Gasteiger charge is 2.23. The molecule has 0 aliphatic carbocycles. The molecule has 0 aliphatic heterocycles. The van der Waals surface area contributed by atoms with Gasteiger partial charge in [0.15, 0.2) is 9.84 Å². The number of methoxy groups -OCH3 is 1. The van der Waals surface area contributed by atoms with E-state index in [1.165, 1.54) is 43.5 Å². The van der Waals surface area contributed by atoms with E-state index in [9.17, 15) is 26.2 Å². The number of benzene rings is 3. The van der Waals surface area contributed by atoms with Gasteiger partial charge in [0.05, 0.1) is 40.4 Å². The van der Waals surface area contributed by atoms with Gasteiger partial charge in [0.25, 0.3) is 10.1 Å². The molecule has 13 nitrogen and oxygen atoms in total. The highest BCUT2D eigenvalue weighted by atomic mass is 32.2. The fraction of sp³-hybridized carbons (Fsp3) is 0.174. The number of esters is 1. The number of carbonyl (C=O) groups excluding carboxylic acids is 1. The van der Waals surface area contributed by atoms with Crippen molar-refractivity contribution in [2.24, 2.45) is 20.5 Å². The van der Waals surface area contributed by atoms with E-state index in [0.717, 1.165) is 6.07 Å². The van der Waals surface area contributed by atoms with E-state index < -0.39 is 36.5 Å². The van der Waals surface area contributed by atoms with Crippen LogP contribution in [0.1, 0.15) is 23.7 Å². The topological polar surface area (TPSA) is 216 Å². The normalized spacial score (nSPS) is 12.3. The van der Waals surface area contributed by atoms with Gasteiger partial charge in [-0.3, -0.25) is 4.55 Å². The van der Waals surface area contributed by atoms with Crippen molar-refractivity contribution in [3.63, 3.8) is 0 Å². The molecular weight excluding hydrogens is 536 g/mol. The highest BCUT2D eigenvalue weighted by Crippen LogP contribution is 2.43. The van der Waals surface area contributed by atoms with Crippen LogP contribution in [0.25, 0.3) is 0 Å². The molecule has 0 atom stereocenters. The first-order chi connectivity index (χ1) is 17.9. The molecular formula is C23H24N6O7S2. The monoisotopic (exact) mass is 560 g/mol. The van der Waals surface area contributed by atoms with Gasteiger partial charge >= 0.3 is 5.97 Å². The molecule has 0 radical (unpaired) electrons. The van der Waals surface area contributed by atoms with Crippen LogP contribution in [0, 0.1) is 0 Å². The quantitative estimate of drug-likeness (QED) is 0.140. The van der Waals surface area contributed by atoms with Crippen LogP contribution in [0.3, 0.4) is 0 Å². The van der Waals surface area contributed by atoms with E-state index in [1.54, 1.807) is 19.1 Å². The fourth-order valence-electron chi connectivity index (χ4n) is 3.25. The summed E-state index contributed by atoms with van der Waals surface area (Å²) in [5.41, 5.74) is 11.0. The maximum absolute atomic E-state index is 12.4. The maximum atomic E-state index is 12.4. The second-order valence-electron chi connectivity index (χ2n) is 7.77. The van der Waals surface area contributed by atoms with Gasteiger partial charge in [-0.2, -0.15) is 13.5 Å². The lowest BCUT2D eigenvalue weighted by Gasteiger charge is -2.10. The molecule has 38 heavy (non-hydrogen) atoms. The lowest BCUT2D eigenvalue weighted by Crippen LogP contribution is -2.05. The van der Waals surface area contributed by atoms with E-state index in [4.69, 9.17) is 16.2 Å². The van der Waals surface area contributed by atoms with Gasteiger partial charge in [-0.05, 0) is 42.8 Å². The van der Waals surface area contributed by atoms with Gasteiger partial charge in [-0.15, -0.1) is 15.3 Å². The summed E-state index contributed by atoms with van der Waals surface area (Å²) in [6.07, 6.45) is 0.422. The van der Waals surface area contributed by atoms with Crippen molar-refractivity contribution in [1.82, 2.24) is 0 Å². The first-order valence-electron chi connectivity index (χ1n) is 10.9. The number of rotatable bonds is 9. The molecule has 0 heterocycles. The van der Waals surface area contributed by atoms with Crippen molar-refractivity contribution < 1.29 is 30.9 Å². The Morgan fingerprint density at radius 3 is 2.24 bits per heavy atom. The summed E-state index contributed by atoms with van der Waals surface area (Å²) in [4.78, 5) is 11.3. The van der Waals surface area contributed by atoms with Crippen LogP contribution in [0.5, 0.6) is 0 Å². The van der Waals surface area contributed by atoms with Gasteiger partial charge in [0, 0.05) is 0 Å². The first-order valence-corrected chi connectivity index (χ1v) is 14.0. The van der Waals surface area contributed by atoms with Gasteiger partial charge < -0.3 is 16.2 Å². The summed E-state index contributed by atoms with van der Waals surface area (Å²) in [5, 5.41) is 15.8. The first kappa shape index (κ1) is 28.4. The van der Waals surface area contributed by atoms with Gasteiger partial charge in [0.1, 0.15) is 22.0 Å². The molecule has 0 aliphatic rings. The number of sulfone groups is 1. The van der Waals surface area contributed by atoms with Gasteiger partial charge in [0.2, 0.25) is 0 Å². The third-order valence-electron chi connectivity index (χ3n) is 5.09. The standard InChI is InChI=1S/C23H24N6O7S2/c1-3-11-37(31,32)15-8-6-7-14(12-15)26-29-22-20(24)18(13-19(21(22)25)38(33,34)35)28-27-17-10-5-4-9-16(17)23(30)36-2/h4-10,12-13H,3,11,24-25H2,1-2H3,(H,33,34,35). The minimum atomic E-state index is -4.86. The Labute approximate surface area is 218 Å². The lowest BCUT2D eigenvalue weighted by molar-refractivity contribution is 0.0601. The van der Waals surface area contributed by atoms with E-state index >= 15 is 0 Å². The molecule has 0 amide bonds. The van der Waals surface area contributed by atoms with Crippen LogP contribution in [0.15, 0.2) is 84.8 Å². The van der Waals surface area contributed by atoms with Crippen molar-refractivity contribution in [3.8, 4) is 0 Å². The molecule has 0 saturated heterocycles. The second kappa shape index (κ2) is 11.5. The van der Waals surface area contributed by atoms with E-state index in [1.807, 2.05) is 0 Å². The lowest BCUT2D eigenvalue weighted by atomic mass is 10.2. The average Bonchev–Trinajstić information content (AvgIpc) is 2.87. The molecule has 0 aromatic heterocycles. The van der Waals surface area contributed by atoms with Crippen LogP contribution in [0.2, 0.25) is 0 Å². The smallest absolute Gasteiger partial charge is 0.340 e. The predicted octanol–water partition coefficient (Wildman–Crippen LogP) is 4.90. The number of ether oxygens (including phenoxy) is 1. The van der Waals surface area contributed by atoms with Crippen molar-refractivity contribution in [2.75, 3.05) is 24.3 Å². The molecule has 0 fully saturated rings. The fourth-order valence-corrected chi connectivity index (χ4v) is 5.25. The summed E-state index contributed by atoms with van der Waals surface area (Å²) in [6.45, 7) is 1.73. The Hall–Kier alpha value is -4.21. The number of nitrogen functional groups attached to an aromatic ring is 2. The molecule has 0 unspecified atom stereocenters. The molecule has 5 N–H and O–H groups in total. The van der Waals surface area contributed by atoms with Gasteiger partial charge in [-0.25, -0.2) is 13.2 Å². The van der Waals surface area contributed by atoms with Crippen molar-refractivity contribution in [1.29, 1.82) is 0 Å².